The van der Waals surface area contributed by atoms with E-state index in [-0.39, 0.29) is 36.5 Å². The SMILES string of the molecule is CCNC(=O)COc1cccc(CNC(=NC)NCc2coc(-c3ccc(C)cc3)n2)c1.I. The number of aromatic nitrogens is 1. The standard InChI is InChI=1S/C24H29N5O3.HI/c1-4-26-22(30)16-31-21-7-5-6-18(12-21)13-27-24(25-3)28-14-20-15-32-23(29-20)19-10-8-17(2)9-11-19;/h5-12,15H,4,13-14,16H2,1-3H3,(H,26,30)(H2,25,27,28);1H. The van der Waals surface area contributed by atoms with E-state index in [9.17, 15) is 4.79 Å². The predicted octanol–water partition coefficient (Wildman–Crippen LogP) is 3.65. The molecule has 0 aliphatic carbocycles. The summed E-state index contributed by atoms with van der Waals surface area (Å²) in [5.41, 5.74) is 3.92. The van der Waals surface area contributed by atoms with Gasteiger partial charge in [0.15, 0.2) is 12.6 Å². The number of oxazole rings is 1. The summed E-state index contributed by atoms with van der Waals surface area (Å²) in [6, 6.07) is 15.6. The maximum absolute atomic E-state index is 11.6. The van der Waals surface area contributed by atoms with E-state index in [1.54, 1.807) is 13.3 Å². The molecule has 1 heterocycles. The van der Waals surface area contributed by atoms with E-state index in [0.717, 1.165) is 16.8 Å². The monoisotopic (exact) mass is 563 g/mol. The van der Waals surface area contributed by atoms with Crippen molar-refractivity contribution in [2.75, 3.05) is 20.2 Å². The molecule has 1 amide bonds. The molecule has 0 bridgehead atoms. The van der Waals surface area contributed by atoms with Crippen LogP contribution < -0.4 is 20.7 Å². The van der Waals surface area contributed by atoms with Gasteiger partial charge in [0.1, 0.15) is 12.0 Å². The lowest BCUT2D eigenvalue weighted by Gasteiger charge is -2.12. The number of hydrogen-bond acceptors (Lipinski definition) is 5. The van der Waals surface area contributed by atoms with Crippen LogP contribution in [0.4, 0.5) is 0 Å². The summed E-state index contributed by atoms with van der Waals surface area (Å²) in [7, 11) is 1.71. The second kappa shape index (κ2) is 13.5. The molecular weight excluding hydrogens is 533 g/mol. The molecule has 0 fully saturated rings. The molecule has 0 aliphatic rings. The Balaban J connectivity index is 0.00000385. The highest BCUT2D eigenvalue weighted by molar-refractivity contribution is 14.0. The average molecular weight is 563 g/mol. The van der Waals surface area contributed by atoms with Gasteiger partial charge in [0.25, 0.3) is 5.91 Å². The fourth-order valence-electron chi connectivity index (χ4n) is 2.94. The van der Waals surface area contributed by atoms with Crippen LogP contribution in [0.15, 0.2) is 64.2 Å². The van der Waals surface area contributed by atoms with Crippen molar-refractivity contribution >= 4 is 35.8 Å². The Kier molecular flexibility index (Phi) is 10.7. The number of guanidine groups is 1. The van der Waals surface area contributed by atoms with Gasteiger partial charge >= 0.3 is 0 Å². The summed E-state index contributed by atoms with van der Waals surface area (Å²) >= 11 is 0. The summed E-state index contributed by atoms with van der Waals surface area (Å²) in [4.78, 5) is 20.3. The topological polar surface area (TPSA) is 101 Å². The summed E-state index contributed by atoms with van der Waals surface area (Å²) in [6.45, 7) is 5.52. The van der Waals surface area contributed by atoms with Gasteiger partial charge in [-0.2, -0.15) is 0 Å². The van der Waals surface area contributed by atoms with Crippen molar-refractivity contribution in [3.8, 4) is 17.2 Å². The van der Waals surface area contributed by atoms with Gasteiger partial charge in [-0.05, 0) is 43.7 Å². The number of rotatable bonds is 9. The number of likely N-dealkylation sites (N-methyl/N-ethyl adjacent to an activating group) is 1. The molecule has 8 nitrogen and oxygen atoms in total. The highest BCUT2D eigenvalue weighted by Gasteiger charge is 2.08. The van der Waals surface area contributed by atoms with E-state index in [4.69, 9.17) is 9.15 Å². The number of amides is 1. The van der Waals surface area contributed by atoms with Crippen molar-refractivity contribution in [1.82, 2.24) is 20.9 Å². The first-order valence-electron chi connectivity index (χ1n) is 10.5. The molecule has 0 spiro atoms. The minimum atomic E-state index is -0.140. The summed E-state index contributed by atoms with van der Waals surface area (Å²) in [6.07, 6.45) is 1.64. The first-order valence-corrected chi connectivity index (χ1v) is 10.5. The molecule has 3 rings (SSSR count). The van der Waals surface area contributed by atoms with Crippen LogP contribution in [0, 0.1) is 6.92 Å². The maximum atomic E-state index is 11.6. The molecule has 0 saturated carbocycles. The fraction of sp³-hybridized carbons (Fsp3) is 0.292. The lowest BCUT2D eigenvalue weighted by atomic mass is 10.1. The number of carbonyl (C=O) groups is 1. The number of nitrogens with zero attached hydrogens (tertiary/aromatic N) is 2. The molecule has 0 aliphatic heterocycles. The number of hydrogen-bond donors (Lipinski definition) is 3. The maximum Gasteiger partial charge on any atom is 0.257 e. The van der Waals surface area contributed by atoms with Crippen LogP contribution in [0.1, 0.15) is 23.7 Å². The van der Waals surface area contributed by atoms with Gasteiger partial charge in [0.05, 0.1) is 12.2 Å². The number of aryl methyl sites for hydroxylation is 1. The van der Waals surface area contributed by atoms with Gasteiger partial charge in [0.2, 0.25) is 5.89 Å². The normalized spacial score (nSPS) is 10.8. The van der Waals surface area contributed by atoms with E-state index in [1.165, 1.54) is 5.56 Å². The first kappa shape index (κ1) is 26.2. The third-order valence-electron chi connectivity index (χ3n) is 4.61. The zero-order valence-corrected chi connectivity index (χ0v) is 21.4. The molecule has 2 aromatic carbocycles. The average Bonchev–Trinajstić information content (AvgIpc) is 3.28. The molecule has 1 aromatic heterocycles. The van der Waals surface area contributed by atoms with Crippen LogP contribution in [0.5, 0.6) is 5.75 Å². The molecule has 33 heavy (non-hydrogen) atoms. The smallest absolute Gasteiger partial charge is 0.257 e. The zero-order valence-electron chi connectivity index (χ0n) is 19.1. The molecule has 3 N–H and O–H groups in total. The summed E-state index contributed by atoms with van der Waals surface area (Å²) < 4.78 is 11.1. The van der Waals surface area contributed by atoms with Gasteiger partial charge in [-0.3, -0.25) is 9.79 Å². The van der Waals surface area contributed by atoms with Crippen LogP contribution in [0.25, 0.3) is 11.5 Å². The third-order valence-corrected chi connectivity index (χ3v) is 4.61. The lowest BCUT2D eigenvalue weighted by Crippen LogP contribution is -2.36. The molecular formula is C24H30IN5O3. The quantitative estimate of drug-likeness (QED) is 0.209. The Labute approximate surface area is 211 Å². The molecule has 176 valence electrons. The summed E-state index contributed by atoms with van der Waals surface area (Å²) in [5, 5.41) is 9.20. The first-order chi connectivity index (χ1) is 15.6. The number of nitrogens with one attached hydrogen (secondary N) is 3. The van der Waals surface area contributed by atoms with E-state index in [2.05, 4.69) is 25.9 Å². The second-order valence-electron chi connectivity index (χ2n) is 7.18. The van der Waals surface area contributed by atoms with Gasteiger partial charge in [-0.15, -0.1) is 24.0 Å². The Morgan fingerprint density at radius 3 is 2.58 bits per heavy atom. The number of aliphatic imine (C=N–C) groups is 1. The lowest BCUT2D eigenvalue weighted by molar-refractivity contribution is -0.122. The highest BCUT2D eigenvalue weighted by atomic mass is 127. The van der Waals surface area contributed by atoms with Crippen LogP contribution in [-0.4, -0.2) is 37.1 Å². The van der Waals surface area contributed by atoms with Crippen molar-refractivity contribution < 1.29 is 13.9 Å². The predicted molar refractivity (Wildman–Crippen MR) is 140 cm³/mol. The van der Waals surface area contributed by atoms with E-state index in [1.807, 2.05) is 62.4 Å². The molecule has 0 unspecified atom stereocenters. The van der Waals surface area contributed by atoms with Crippen molar-refractivity contribution in [2.24, 2.45) is 4.99 Å². The minimum absolute atomic E-state index is 0. The van der Waals surface area contributed by atoms with Crippen molar-refractivity contribution in [1.29, 1.82) is 0 Å². The molecule has 0 radical (unpaired) electrons. The number of benzene rings is 2. The highest BCUT2D eigenvalue weighted by Crippen LogP contribution is 2.19. The van der Waals surface area contributed by atoms with Crippen molar-refractivity contribution in [3.05, 3.63) is 71.6 Å². The summed E-state index contributed by atoms with van der Waals surface area (Å²) in [5.74, 6) is 1.73. The van der Waals surface area contributed by atoms with Crippen molar-refractivity contribution in [3.63, 3.8) is 0 Å². The largest absolute Gasteiger partial charge is 0.484 e. The Hall–Kier alpha value is -3.08. The number of carbonyl (C=O) groups excluding carboxylic acids is 1. The molecule has 0 saturated heterocycles. The van der Waals surface area contributed by atoms with Crippen LogP contribution >= 0.6 is 24.0 Å². The van der Waals surface area contributed by atoms with Gasteiger partial charge in [-0.1, -0.05) is 29.8 Å². The van der Waals surface area contributed by atoms with Gasteiger partial charge < -0.3 is 25.1 Å². The third kappa shape index (κ3) is 8.41. The second-order valence-corrected chi connectivity index (χ2v) is 7.18. The van der Waals surface area contributed by atoms with Crippen molar-refractivity contribution in [2.45, 2.75) is 26.9 Å². The van der Waals surface area contributed by atoms with E-state index in [0.29, 0.717) is 37.2 Å². The van der Waals surface area contributed by atoms with Crippen LogP contribution in [0.2, 0.25) is 0 Å². The zero-order chi connectivity index (χ0) is 22.8. The Bertz CT molecular complexity index is 1050. The van der Waals surface area contributed by atoms with E-state index < -0.39 is 0 Å². The van der Waals surface area contributed by atoms with E-state index >= 15 is 0 Å². The molecule has 0 atom stereocenters. The number of ether oxygens (including phenoxy) is 1. The van der Waals surface area contributed by atoms with Gasteiger partial charge in [-0.25, -0.2) is 4.98 Å². The number of halogens is 1. The Morgan fingerprint density at radius 2 is 1.85 bits per heavy atom. The minimum Gasteiger partial charge on any atom is -0.484 e. The molecule has 9 heteroatoms. The Morgan fingerprint density at radius 1 is 1.09 bits per heavy atom. The molecule has 3 aromatic rings. The fourth-order valence-corrected chi connectivity index (χ4v) is 2.94. The van der Waals surface area contributed by atoms with Crippen LogP contribution in [0.3, 0.4) is 0 Å². The van der Waals surface area contributed by atoms with Gasteiger partial charge in [0, 0.05) is 25.7 Å². The van der Waals surface area contributed by atoms with Crippen LogP contribution in [-0.2, 0) is 17.9 Å².